The number of benzene rings is 1. The first-order valence-corrected chi connectivity index (χ1v) is 6.32. The number of hydrogen-bond acceptors (Lipinski definition) is 3. The van der Waals surface area contributed by atoms with Crippen LogP contribution in [0.15, 0.2) is 24.3 Å². The van der Waals surface area contributed by atoms with E-state index in [1.54, 1.807) is 0 Å². The van der Waals surface area contributed by atoms with Crippen LogP contribution in [-0.2, 0) is 0 Å². The van der Waals surface area contributed by atoms with Gasteiger partial charge >= 0.3 is 0 Å². The zero-order valence-electron chi connectivity index (χ0n) is 10.4. The predicted octanol–water partition coefficient (Wildman–Crippen LogP) is 1.87. The molecule has 94 valence electrons. The van der Waals surface area contributed by atoms with E-state index in [-0.39, 0.29) is 6.61 Å². The van der Waals surface area contributed by atoms with Crippen molar-refractivity contribution in [2.75, 3.05) is 33.4 Å². The summed E-state index contributed by atoms with van der Waals surface area (Å²) in [6.07, 6.45) is 2.44. The fraction of sp³-hybridized carbons (Fsp3) is 0.571. The summed E-state index contributed by atoms with van der Waals surface area (Å²) in [5, 5.41) is 8.74. The maximum atomic E-state index is 8.74. The van der Waals surface area contributed by atoms with Crippen molar-refractivity contribution < 1.29 is 9.84 Å². The number of rotatable bonds is 4. The summed E-state index contributed by atoms with van der Waals surface area (Å²) in [5.74, 6) is 1.53. The van der Waals surface area contributed by atoms with E-state index in [0.29, 0.717) is 12.5 Å². The molecule has 3 nitrogen and oxygen atoms in total. The molecule has 0 amide bonds. The van der Waals surface area contributed by atoms with Gasteiger partial charge in [0.2, 0.25) is 0 Å². The molecule has 1 aliphatic heterocycles. The molecule has 1 heterocycles. The molecule has 0 atom stereocenters. The maximum absolute atomic E-state index is 8.74. The summed E-state index contributed by atoms with van der Waals surface area (Å²) in [7, 11) is 2.18. The molecule has 1 saturated heterocycles. The van der Waals surface area contributed by atoms with Crippen molar-refractivity contribution >= 4 is 0 Å². The van der Waals surface area contributed by atoms with Gasteiger partial charge < -0.3 is 14.7 Å². The summed E-state index contributed by atoms with van der Waals surface area (Å²) in [6.45, 7) is 2.79. The number of piperidine rings is 1. The van der Waals surface area contributed by atoms with E-state index in [9.17, 15) is 0 Å². The van der Waals surface area contributed by atoms with Gasteiger partial charge in [0.25, 0.3) is 0 Å². The Balaban J connectivity index is 2.00. The molecule has 3 heteroatoms. The second-order valence-electron chi connectivity index (χ2n) is 4.72. The van der Waals surface area contributed by atoms with Crippen LogP contribution in [0.2, 0.25) is 0 Å². The number of hydrogen-bond donors (Lipinski definition) is 1. The molecule has 1 aromatic carbocycles. The van der Waals surface area contributed by atoms with Crippen molar-refractivity contribution in [3.05, 3.63) is 29.8 Å². The van der Waals surface area contributed by atoms with Crippen molar-refractivity contribution in [3.63, 3.8) is 0 Å². The minimum Gasteiger partial charge on any atom is -0.491 e. The Morgan fingerprint density at radius 2 is 2.12 bits per heavy atom. The van der Waals surface area contributed by atoms with Crippen molar-refractivity contribution in [3.8, 4) is 5.75 Å². The van der Waals surface area contributed by atoms with Gasteiger partial charge in [-0.2, -0.15) is 0 Å². The quantitative estimate of drug-likeness (QED) is 0.864. The highest BCUT2D eigenvalue weighted by molar-refractivity contribution is 5.31. The summed E-state index contributed by atoms with van der Waals surface area (Å²) in [5.41, 5.74) is 1.37. The average Bonchev–Trinajstić information content (AvgIpc) is 2.37. The molecule has 0 saturated carbocycles. The molecule has 1 N–H and O–H groups in total. The van der Waals surface area contributed by atoms with E-state index < -0.39 is 0 Å². The number of aliphatic hydroxyl groups is 1. The van der Waals surface area contributed by atoms with E-state index >= 15 is 0 Å². The third-order valence-electron chi connectivity index (χ3n) is 3.41. The second kappa shape index (κ2) is 6.03. The molecule has 17 heavy (non-hydrogen) atoms. The Morgan fingerprint density at radius 3 is 2.82 bits per heavy atom. The van der Waals surface area contributed by atoms with Crippen LogP contribution in [-0.4, -0.2) is 43.4 Å². The third-order valence-corrected chi connectivity index (χ3v) is 3.41. The van der Waals surface area contributed by atoms with E-state index in [1.165, 1.54) is 31.5 Å². The Labute approximate surface area is 103 Å². The molecule has 1 fully saturated rings. The summed E-state index contributed by atoms with van der Waals surface area (Å²) in [6, 6.07) is 8.29. The first-order valence-electron chi connectivity index (χ1n) is 6.32. The van der Waals surface area contributed by atoms with Crippen LogP contribution in [0.4, 0.5) is 0 Å². The largest absolute Gasteiger partial charge is 0.491 e. The Hall–Kier alpha value is -1.06. The van der Waals surface area contributed by atoms with E-state index in [4.69, 9.17) is 9.84 Å². The van der Waals surface area contributed by atoms with Gasteiger partial charge in [0.05, 0.1) is 6.61 Å². The predicted molar refractivity (Wildman–Crippen MR) is 68.5 cm³/mol. The molecule has 0 aliphatic carbocycles. The SMILES string of the molecule is CN1CCC(c2cccc(OCCO)c2)CC1. The molecule has 0 bridgehead atoms. The van der Waals surface area contributed by atoms with Crippen LogP contribution >= 0.6 is 0 Å². The van der Waals surface area contributed by atoms with Crippen molar-refractivity contribution in [1.82, 2.24) is 4.90 Å². The van der Waals surface area contributed by atoms with Crippen LogP contribution in [0.5, 0.6) is 5.75 Å². The molecule has 0 aromatic heterocycles. The fourth-order valence-electron chi connectivity index (χ4n) is 2.36. The van der Waals surface area contributed by atoms with Gasteiger partial charge in [0.1, 0.15) is 12.4 Å². The van der Waals surface area contributed by atoms with Gasteiger partial charge in [-0.25, -0.2) is 0 Å². The van der Waals surface area contributed by atoms with E-state index in [1.807, 2.05) is 12.1 Å². The van der Waals surface area contributed by atoms with Crippen LogP contribution < -0.4 is 4.74 Å². The van der Waals surface area contributed by atoms with Gasteiger partial charge in [0.15, 0.2) is 0 Å². The van der Waals surface area contributed by atoms with Gasteiger partial charge in [-0.1, -0.05) is 12.1 Å². The van der Waals surface area contributed by atoms with E-state index in [0.717, 1.165) is 5.75 Å². The second-order valence-corrected chi connectivity index (χ2v) is 4.72. The molecular formula is C14H21NO2. The molecule has 1 aliphatic rings. The Morgan fingerprint density at radius 1 is 1.35 bits per heavy atom. The Kier molecular flexibility index (Phi) is 4.40. The molecular weight excluding hydrogens is 214 g/mol. The summed E-state index contributed by atoms with van der Waals surface area (Å²) in [4.78, 5) is 2.38. The lowest BCUT2D eigenvalue weighted by molar-refractivity contribution is 0.201. The molecule has 0 unspecified atom stereocenters. The lowest BCUT2D eigenvalue weighted by atomic mass is 9.89. The summed E-state index contributed by atoms with van der Waals surface area (Å²) < 4.78 is 5.45. The normalized spacial score (nSPS) is 18.2. The lowest BCUT2D eigenvalue weighted by Crippen LogP contribution is -2.29. The van der Waals surface area contributed by atoms with Gasteiger partial charge in [-0.3, -0.25) is 0 Å². The van der Waals surface area contributed by atoms with Gasteiger partial charge in [-0.05, 0) is 56.6 Å². The van der Waals surface area contributed by atoms with E-state index in [2.05, 4.69) is 24.1 Å². The first-order chi connectivity index (χ1) is 8.29. The number of nitrogens with zero attached hydrogens (tertiary/aromatic N) is 1. The highest BCUT2D eigenvalue weighted by atomic mass is 16.5. The van der Waals surface area contributed by atoms with Crippen molar-refractivity contribution in [1.29, 1.82) is 0 Å². The average molecular weight is 235 g/mol. The van der Waals surface area contributed by atoms with Crippen molar-refractivity contribution in [2.24, 2.45) is 0 Å². The molecule has 0 spiro atoms. The van der Waals surface area contributed by atoms with Gasteiger partial charge in [0, 0.05) is 0 Å². The van der Waals surface area contributed by atoms with Gasteiger partial charge in [-0.15, -0.1) is 0 Å². The zero-order valence-corrected chi connectivity index (χ0v) is 10.4. The molecule has 2 rings (SSSR count). The van der Waals surface area contributed by atoms with Crippen LogP contribution in [0.25, 0.3) is 0 Å². The topological polar surface area (TPSA) is 32.7 Å². The monoisotopic (exact) mass is 235 g/mol. The lowest BCUT2D eigenvalue weighted by Gasteiger charge is -2.29. The van der Waals surface area contributed by atoms with Crippen LogP contribution in [0, 0.1) is 0 Å². The number of aliphatic hydroxyl groups excluding tert-OH is 1. The summed E-state index contributed by atoms with van der Waals surface area (Å²) >= 11 is 0. The highest BCUT2D eigenvalue weighted by Gasteiger charge is 2.18. The smallest absolute Gasteiger partial charge is 0.119 e. The van der Waals surface area contributed by atoms with Crippen LogP contribution in [0.1, 0.15) is 24.3 Å². The van der Waals surface area contributed by atoms with Crippen molar-refractivity contribution in [2.45, 2.75) is 18.8 Å². The minimum atomic E-state index is 0.0679. The zero-order chi connectivity index (χ0) is 12.1. The highest BCUT2D eigenvalue weighted by Crippen LogP contribution is 2.29. The molecule has 0 radical (unpaired) electrons. The standard InChI is InChI=1S/C14H21NO2/c1-15-7-5-12(6-8-15)13-3-2-4-14(11-13)17-10-9-16/h2-4,11-12,16H,5-10H2,1H3. The minimum absolute atomic E-state index is 0.0679. The number of ether oxygens (including phenoxy) is 1. The maximum Gasteiger partial charge on any atom is 0.119 e. The first kappa shape index (κ1) is 12.4. The number of likely N-dealkylation sites (tertiary alicyclic amines) is 1. The fourth-order valence-corrected chi connectivity index (χ4v) is 2.36. The van der Waals surface area contributed by atoms with Crippen LogP contribution in [0.3, 0.4) is 0 Å². The third kappa shape index (κ3) is 3.45. The Bertz CT molecular complexity index is 346. The molecule has 1 aromatic rings.